The van der Waals surface area contributed by atoms with E-state index in [0.29, 0.717) is 14.9 Å². The van der Waals surface area contributed by atoms with Crippen molar-refractivity contribution in [1.29, 1.82) is 10.5 Å². The minimum Gasteiger partial charge on any atom is -0.267 e. The Bertz CT molecular complexity index is 1290. The van der Waals surface area contributed by atoms with Crippen molar-refractivity contribution in [3.05, 3.63) is 83.2 Å². The van der Waals surface area contributed by atoms with Gasteiger partial charge in [0, 0.05) is 4.47 Å². The molecule has 0 aliphatic rings. The van der Waals surface area contributed by atoms with Crippen molar-refractivity contribution in [2.75, 3.05) is 0 Å². The Hall–Kier alpha value is -2.93. The number of hydrogen-bond donors (Lipinski definition) is 0. The highest BCUT2D eigenvalue weighted by atomic mass is 79.9. The molecule has 1 heterocycles. The van der Waals surface area contributed by atoms with Gasteiger partial charge >= 0.3 is 0 Å². The first-order valence-electron chi connectivity index (χ1n) is 8.06. The fourth-order valence-corrected chi connectivity index (χ4v) is 4.22. The van der Waals surface area contributed by atoms with Crippen molar-refractivity contribution in [3.8, 4) is 17.8 Å². The molecule has 0 radical (unpaired) electrons. The molecule has 0 unspecified atom stereocenters. The molecular formula is C21H14BrN3OS. The molecule has 132 valence electrons. The first-order valence-corrected chi connectivity index (χ1v) is 9.67. The number of nitrogens with zero attached hydrogens (tertiary/aromatic N) is 3. The summed E-state index contributed by atoms with van der Waals surface area (Å²) in [5.41, 5.74) is 3.17. The highest BCUT2D eigenvalue weighted by molar-refractivity contribution is 9.10. The number of aryl methyl sites for hydroxylation is 2. The lowest BCUT2D eigenvalue weighted by atomic mass is 10.1. The Morgan fingerprint density at radius 3 is 2.48 bits per heavy atom. The van der Waals surface area contributed by atoms with Crippen molar-refractivity contribution >= 4 is 38.9 Å². The van der Waals surface area contributed by atoms with E-state index in [4.69, 9.17) is 0 Å². The number of benzene rings is 2. The van der Waals surface area contributed by atoms with E-state index in [0.717, 1.165) is 32.5 Å². The molecule has 0 N–H and O–H groups in total. The van der Waals surface area contributed by atoms with Crippen molar-refractivity contribution in [2.45, 2.75) is 13.8 Å². The first-order chi connectivity index (χ1) is 13.0. The zero-order chi connectivity index (χ0) is 19.6. The molecule has 0 atom stereocenters. The van der Waals surface area contributed by atoms with E-state index in [9.17, 15) is 15.3 Å². The predicted molar refractivity (Wildman–Crippen MR) is 111 cm³/mol. The van der Waals surface area contributed by atoms with E-state index in [-0.39, 0.29) is 11.1 Å². The van der Waals surface area contributed by atoms with Gasteiger partial charge in [-0.1, -0.05) is 51.8 Å². The van der Waals surface area contributed by atoms with Crippen LogP contribution in [0.2, 0.25) is 0 Å². The number of hydrogen-bond acceptors (Lipinski definition) is 4. The van der Waals surface area contributed by atoms with Crippen molar-refractivity contribution < 1.29 is 0 Å². The smallest absolute Gasteiger partial charge is 0.267 e. The summed E-state index contributed by atoms with van der Waals surface area (Å²) in [6, 6.07) is 17.1. The number of aromatic nitrogens is 1. The molecule has 0 fully saturated rings. The monoisotopic (exact) mass is 435 g/mol. The molecule has 0 amide bonds. The van der Waals surface area contributed by atoms with Crippen LogP contribution in [0.3, 0.4) is 0 Å². The molecule has 27 heavy (non-hydrogen) atoms. The third-order valence-electron chi connectivity index (χ3n) is 4.05. The van der Waals surface area contributed by atoms with E-state index in [1.165, 1.54) is 4.57 Å². The fraction of sp³-hybridized carbons (Fsp3) is 0.0952. The second-order valence-corrected chi connectivity index (χ2v) is 7.85. The highest BCUT2D eigenvalue weighted by Crippen LogP contribution is 2.16. The topological polar surface area (TPSA) is 69.6 Å². The molecular weight excluding hydrogens is 422 g/mol. The van der Waals surface area contributed by atoms with Crippen LogP contribution in [0, 0.1) is 36.5 Å². The zero-order valence-electron chi connectivity index (χ0n) is 14.7. The molecule has 2 aromatic carbocycles. The van der Waals surface area contributed by atoms with E-state index in [1.54, 1.807) is 6.08 Å². The lowest BCUT2D eigenvalue weighted by Crippen LogP contribution is -2.31. The Labute approximate surface area is 168 Å². The highest BCUT2D eigenvalue weighted by Gasteiger charge is 2.13. The Morgan fingerprint density at radius 2 is 1.85 bits per heavy atom. The van der Waals surface area contributed by atoms with Gasteiger partial charge in [0.1, 0.15) is 16.8 Å². The third kappa shape index (κ3) is 3.64. The van der Waals surface area contributed by atoms with Gasteiger partial charge in [0.05, 0.1) is 10.2 Å². The maximum Gasteiger partial charge on any atom is 0.273 e. The standard InChI is InChI=1S/C21H14BrN3OS/c1-13-7-8-18(14(2)9-13)25-20(26)19(27-21(25)16(11-23)12-24)10-15-5-3-4-6-17(15)22/h3-10H,1-2H3/b19-10-. The molecule has 0 bridgehead atoms. The normalized spacial score (nSPS) is 11.1. The van der Waals surface area contributed by atoms with Crippen LogP contribution < -0.4 is 14.8 Å². The molecule has 1 aromatic heterocycles. The lowest BCUT2D eigenvalue weighted by Gasteiger charge is -2.07. The largest absolute Gasteiger partial charge is 0.273 e. The molecule has 6 heteroatoms. The van der Waals surface area contributed by atoms with E-state index >= 15 is 0 Å². The van der Waals surface area contributed by atoms with Crippen LogP contribution >= 0.6 is 27.3 Å². The summed E-state index contributed by atoms with van der Waals surface area (Å²) in [4.78, 5) is 13.2. The molecule has 4 nitrogen and oxygen atoms in total. The van der Waals surface area contributed by atoms with E-state index in [2.05, 4.69) is 15.9 Å². The zero-order valence-corrected chi connectivity index (χ0v) is 17.1. The summed E-state index contributed by atoms with van der Waals surface area (Å²) >= 11 is 4.63. The van der Waals surface area contributed by atoms with Crippen LogP contribution in [0.1, 0.15) is 16.7 Å². The minimum absolute atomic E-state index is 0.0798. The van der Waals surface area contributed by atoms with Crippen LogP contribution in [0.5, 0.6) is 0 Å². The van der Waals surface area contributed by atoms with E-state index in [1.807, 2.05) is 68.5 Å². The molecule has 0 aliphatic heterocycles. The summed E-state index contributed by atoms with van der Waals surface area (Å²) < 4.78 is 3.13. The number of thiazole rings is 1. The SMILES string of the molecule is Cc1ccc(-n2c(=C(C#N)C#N)s/c(=C\c3ccccc3Br)c2=O)c(C)c1. The minimum atomic E-state index is -0.249. The van der Waals surface area contributed by atoms with Gasteiger partial charge in [-0.3, -0.25) is 9.36 Å². The Morgan fingerprint density at radius 1 is 1.15 bits per heavy atom. The Balaban J connectivity index is 2.45. The summed E-state index contributed by atoms with van der Waals surface area (Å²) in [6.07, 6.45) is 1.77. The van der Waals surface area contributed by atoms with Crippen LogP contribution in [-0.2, 0) is 0 Å². The average molecular weight is 436 g/mol. The van der Waals surface area contributed by atoms with Crippen LogP contribution in [0.4, 0.5) is 0 Å². The van der Waals surface area contributed by atoms with Gasteiger partial charge < -0.3 is 0 Å². The summed E-state index contributed by atoms with van der Waals surface area (Å²) in [6.45, 7) is 3.88. The van der Waals surface area contributed by atoms with Gasteiger partial charge in [-0.25, -0.2) is 0 Å². The van der Waals surface area contributed by atoms with E-state index < -0.39 is 0 Å². The quantitative estimate of drug-likeness (QED) is 0.619. The van der Waals surface area contributed by atoms with Gasteiger partial charge in [0.2, 0.25) is 0 Å². The first kappa shape index (κ1) is 18.8. The molecule has 3 rings (SSSR count). The van der Waals surface area contributed by atoms with Crippen LogP contribution in [0.15, 0.2) is 51.7 Å². The summed E-state index contributed by atoms with van der Waals surface area (Å²) in [5.74, 6) is 0. The van der Waals surface area contributed by atoms with Gasteiger partial charge in [-0.15, -0.1) is 11.3 Å². The maximum absolute atomic E-state index is 13.2. The van der Waals surface area contributed by atoms with Gasteiger partial charge in [0.25, 0.3) is 5.56 Å². The van der Waals surface area contributed by atoms with Crippen LogP contribution in [0.25, 0.3) is 17.3 Å². The molecule has 0 saturated carbocycles. The third-order valence-corrected chi connectivity index (χ3v) is 5.86. The number of rotatable bonds is 2. The van der Waals surface area contributed by atoms with Gasteiger partial charge in [-0.2, -0.15) is 10.5 Å². The lowest BCUT2D eigenvalue weighted by molar-refractivity contribution is 0.973. The summed E-state index contributed by atoms with van der Waals surface area (Å²) in [5, 5.41) is 18.7. The van der Waals surface area contributed by atoms with Crippen molar-refractivity contribution in [3.63, 3.8) is 0 Å². The molecule has 0 aliphatic carbocycles. The van der Waals surface area contributed by atoms with Crippen molar-refractivity contribution in [1.82, 2.24) is 4.57 Å². The fourth-order valence-electron chi connectivity index (χ4n) is 2.78. The van der Waals surface area contributed by atoms with Gasteiger partial charge in [0.15, 0.2) is 5.57 Å². The van der Waals surface area contributed by atoms with Crippen LogP contribution in [-0.4, -0.2) is 4.57 Å². The molecule has 0 spiro atoms. The molecule has 0 saturated heterocycles. The predicted octanol–water partition coefficient (Wildman–Crippen LogP) is 3.31. The van der Waals surface area contributed by atoms with Crippen molar-refractivity contribution in [2.24, 2.45) is 0 Å². The second-order valence-electron chi connectivity index (χ2n) is 5.97. The number of nitriles is 2. The number of halogens is 1. The van der Waals surface area contributed by atoms with Gasteiger partial charge in [-0.05, 0) is 43.2 Å². The Kier molecular flexibility index (Phi) is 5.41. The second kappa shape index (κ2) is 7.75. The molecule has 3 aromatic rings. The average Bonchev–Trinajstić information content (AvgIpc) is 2.95. The summed E-state index contributed by atoms with van der Waals surface area (Å²) in [7, 11) is 0. The maximum atomic E-state index is 13.2.